The molecule has 0 aliphatic heterocycles. The average molecular weight is 280 g/mol. The van der Waals surface area contributed by atoms with Crippen molar-refractivity contribution in [1.82, 2.24) is 0 Å². The van der Waals surface area contributed by atoms with E-state index in [1.165, 1.54) is 0 Å². The van der Waals surface area contributed by atoms with Gasteiger partial charge in [-0.05, 0) is 0 Å². The van der Waals surface area contributed by atoms with E-state index >= 15 is 0 Å². The third kappa shape index (κ3) is 1190. The monoisotopic (exact) mass is 278 g/mol. The molecule has 0 unspecified atom stereocenters. The quantitative estimate of drug-likeness (QED) is 0.232. The minimum Gasteiger partial charge on any atom is -0.385 e. The van der Waals surface area contributed by atoms with Crippen LogP contribution in [0, 0.1) is 0 Å². The maximum Gasteiger partial charge on any atom is 0.128 e. The van der Waals surface area contributed by atoms with Crippen molar-refractivity contribution in [3.05, 3.63) is 13.2 Å². The summed E-state index contributed by atoms with van der Waals surface area (Å²) in [6.07, 6.45) is 0. The third-order valence-corrected chi connectivity index (χ3v) is 0. The van der Waals surface area contributed by atoms with E-state index in [-0.39, 0.29) is 28.1 Å². The first-order chi connectivity index (χ1) is 4.46. The predicted molar refractivity (Wildman–Crippen MR) is 62.8 cm³/mol. The Morgan fingerprint density at radius 3 is 1.00 bits per heavy atom. The number of hydrogen-bond acceptors (Lipinski definition) is 2. The number of thiol groups is 2. The largest absolute Gasteiger partial charge is 0.385 e. The second kappa shape index (κ2) is 22.4. The first kappa shape index (κ1) is 22.6. The Kier molecular flexibility index (Phi) is 46.2. The summed E-state index contributed by atoms with van der Waals surface area (Å²) in [6.45, 7) is 6.00. The summed E-state index contributed by atoms with van der Waals surface area (Å²) in [6, 6.07) is 0. The number of nitrogens with two attached hydrogens (primary N) is 2. The molecule has 0 radical (unpaired) electrons. The van der Waals surface area contributed by atoms with Crippen LogP contribution in [0.2, 0.25) is 0 Å². The normalized spacial score (nSPS) is 4.91. The maximum atomic E-state index is 4.71. The molecular weight excluding hydrogens is 270 g/mol. The second-order valence-electron chi connectivity index (χ2n) is 0.676. The number of thiocarbonyl (C=S) groups is 2. The van der Waals surface area contributed by atoms with Crippen LogP contribution in [0.25, 0.3) is 0 Å². The van der Waals surface area contributed by atoms with E-state index in [1.54, 1.807) is 0 Å². The van der Waals surface area contributed by atoms with Crippen LogP contribution in [0.15, 0.2) is 13.2 Å². The summed E-state index contributed by atoms with van der Waals surface area (Å²) in [5, 5.41) is 0. The van der Waals surface area contributed by atoms with E-state index in [9.17, 15) is 0 Å². The Morgan fingerprint density at radius 2 is 1.00 bits per heavy atom. The average Bonchev–Trinajstić information content (AvgIpc) is 1.66. The van der Waals surface area contributed by atoms with Gasteiger partial charge in [0.05, 0.1) is 0 Å². The standard InChI is InChI=1S/C2H4.2CH3NS2.Zn/c1-2;2*2-1(3)4;/h1-2H2;2*(H3,2,3,4);. The zero-order chi connectivity index (χ0) is 9.15. The van der Waals surface area contributed by atoms with Crippen molar-refractivity contribution in [1.29, 1.82) is 0 Å². The molecule has 4 N–H and O–H groups in total. The van der Waals surface area contributed by atoms with Crippen LogP contribution in [-0.4, -0.2) is 8.64 Å². The van der Waals surface area contributed by atoms with E-state index in [0.717, 1.165) is 0 Å². The molecule has 2 nitrogen and oxygen atoms in total. The van der Waals surface area contributed by atoms with Gasteiger partial charge in [-0.25, -0.2) is 0 Å². The van der Waals surface area contributed by atoms with Gasteiger partial charge in [-0.15, -0.1) is 38.4 Å². The van der Waals surface area contributed by atoms with Crippen molar-refractivity contribution < 1.29 is 19.5 Å². The van der Waals surface area contributed by atoms with E-state index in [4.69, 9.17) is 11.5 Å². The molecule has 0 saturated carbocycles. The van der Waals surface area contributed by atoms with E-state index < -0.39 is 0 Å². The third-order valence-electron chi connectivity index (χ3n) is 0. The Labute approximate surface area is 102 Å². The van der Waals surface area contributed by atoms with Crippen molar-refractivity contribution in [2.75, 3.05) is 0 Å². The van der Waals surface area contributed by atoms with E-state index in [0.29, 0.717) is 0 Å². The van der Waals surface area contributed by atoms with Gasteiger partial charge in [-0.1, -0.05) is 24.4 Å². The summed E-state index contributed by atoms with van der Waals surface area (Å²) in [7, 11) is 0. The van der Waals surface area contributed by atoms with Gasteiger partial charge in [0.2, 0.25) is 0 Å². The van der Waals surface area contributed by atoms with Crippen molar-refractivity contribution in [3.63, 3.8) is 0 Å². The molecule has 0 heterocycles. The summed E-state index contributed by atoms with van der Waals surface area (Å²) in [5.74, 6) is 0. The molecule has 0 rings (SSSR count). The molecule has 11 heavy (non-hydrogen) atoms. The molecule has 0 aliphatic rings. The molecule has 0 aromatic heterocycles. The summed E-state index contributed by atoms with van der Waals surface area (Å²) in [5.41, 5.74) is 9.41. The first-order valence-electron chi connectivity index (χ1n) is 1.93. The Hall–Kier alpha value is 0.843. The molecular formula is C4H10N2S4Zn. The van der Waals surface area contributed by atoms with Gasteiger partial charge in [-0.3, -0.25) is 0 Å². The molecule has 7 heteroatoms. The summed E-state index contributed by atoms with van der Waals surface area (Å²) >= 11 is 15.3. The summed E-state index contributed by atoms with van der Waals surface area (Å²) in [4.78, 5) is 0. The van der Waals surface area contributed by atoms with Crippen molar-refractivity contribution in [2.24, 2.45) is 11.5 Å². The SMILES string of the molecule is C=C.NC(=S)S.NC(=S)S.[Zn]. The molecule has 0 spiro atoms. The maximum absolute atomic E-state index is 4.71. The molecule has 0 aromatic carbocycles. The van der Waals surface area contributed by atoms with Crippen LogP contribution in [0.3, 0.4) is 0 Å². The molecule has 0 atom stereocenters. The molecule has 62 valence electrons. The first-order valence-corrected chi connectivity index (χ1v) is 3.64. The van der Waals surface area contributed by atoms with Crippen molar-refractivity contribution in [3.8, 4) is 0 Å². The predicted octanol–water partition coefficient (Wildman–Crippen LogP) is 1.12. The smallest absolute Gasteiger partial charge is 0.128 e. The van der Waals surface area contributed by atoms with Crippen LogP contribution in [0.5, 0.6) is 0 Å². The molecule has 0 saturated heterocycles. The minimum atomic E-state index is 0. The fourth-order valence-corrected chi connectivity index (χ4v) is 0. The molecule has 0 aromatic rings. The van der Waals surface area contributed by atoms with Crippen LogP contribution in [0.1, 0.15) is 0 Å². The molecule has 0 aliphatic carbocycles. The molecule has 0 bridgehead atoms. The fraction of sp³-hybridized carbons (Fsp3) is 0. The molecule has 0 amide bonds. The van der Waals surface area contributed by atoms with Gasteiger partial charge in [0.25, 0.3) is 0 Å². The van der Waals surface area contributed by atoms with Gasteiger partial charge in [0.15, 0.2) is 0 Å². The second-order valence-corrected chi connectivity index (χ2v) is 3.12. The van der Waals surface area contributed by atoms with Crippen LogP contribution < -0.4 is 11.5 Å². The Morgan fingerprint density at radius 1 is 1.00 bits per heavy atom. The molecule has 0 fully saturated rings. The van der Waals surface area contributed by atoms with Crippen LogP contribution >= 0.6 is 49.7 Å². The van der Waals surface area contributed by atoms with Gasteiger partial charge < -0.3 is 11.5 Å². The Balaban J connectivity index is -0.0000000339. The van der Waals surface area contributed by atoms with Gasteiger partial charge in [0, 0.05) is 19.5 Å². The van der Waals surface area contributed by atoms with Crippen LogP contribution in [-0.2, 0) is 19.5 Å². The van der Waals surface area contributed by atoms with Gasteiger partial charge in [0.1, 0.15) is 8.64 Å². The van der Waals surface area contributed by atoms with E-state index in [2.05, 4.69) is 62.9 Å². The van der Waals surface area contributed by atoms with Gasteiger partial charge in [-0.2, -0.15) is 0 Å². The fourth-order valence-electron chi connectivity index (χ4n) is 0. The van der Waals surface area contributed by atoms with Gasteiger partial charge >= 0.3 is 0 Å². The van der Waals surface area contributed by atoms with Crippen molar-refractivity contribution >= 4 is 58.3 Å². The van der Waals surface area contributed by atoms with Crippen molar-refractivity contribution in [2.45, 2.75) is 0 Å². The summed E-state index contributed by atoms with van der Waals surface area (Å²) < 4.78 is 0.389. The zero-order valence-corrected chi connectivity index (χ0v) is 12.4. The minimum absolute atomic E-state index is 0. The number of hydrogen-bond donors (Lipinski definition) is 4. The Bertz CT molecular complexity index is 88.3. The number of rotatable bonds is 0. The zero-order valence-electron chi connectivity index (χ0n) is 5.99. The van der Waals surface area contributed by atoms with Crippen LogP contribution in [0.4, 0.5) is 0 Å². The topological polar surface area (TPSA) is 52.0 Å². The van der Waals surface area contributed by atoms with E-state index in [1.807, 2.05) is 0 Å².